The molecule has 21 heavy (non-hydrogen) atoms. The number of nitrogens with zero attached hydrogens (tertiary/aromatic N) is 6. The molecule has 1 saturated heterocycles. The third-order valence-corrected chi connectivity index (χ3v) is 4.09. The van der Waals surface area contributed by atoms with Gasteiger partial charge in [-0.3, -0.25) is 4.90 Å². The Balaban J connectivity index is 2.19. The predicted molar refractivity (Wildman–Crippen MR) is 81.6 cm³/mol. The summed E-state index contributed by atoms with van der Waals surface area (Å²) in [6.45, 7) is 4.76. The summed E-state index contributed by atoms with van der Waals surface area (Å²) in [5, 5.41) is 13.6. The van der Waals surface area contributed by atoms with E-state index in [9.17, 15) is 10.1 Å². The number of halogens is 1. The van der Waals surface area contributed by atoms with Gasteiger partial charge in [-0.05, 0) is 6.42 Å². The van der Waals surface area contributed by atoms with Crippen molar-refractivity contribution in [2.24, 2.45) is 5.10 Å². The van der Waals surface area contributed by atoms with Gasteiger partial charge < -0.3 is 9.80 Å². The molecule has 2 rings (SSSR count). The van der Waals surface area contributed by atoms with Crippen LogP contribution in [0.1, 0.15) is 18.2 Å². The molecular weight excluding hydrogens is 316 g/mol. The molecule has 0 bridgehead atoms. The van der Waals surface area contributed by atoms with E-state index in [-0.39, 0.29) is 0 Å². The van der Waals surface area contributed by atoms with Crippen molar-refractivity contribution < 1.29 is 5.03 Å². The average Bonchev–Trinajstić information content (AvgIpc) is 2.79. The Hall–Kier alpha value is -1.45. The molecule has 1 aliphatic rings. The van der Waals surface area contributed by atoms with E-state index >= 15 is 0 Å². The third-order valence-electron chi connectivity index (χ3n) is 2.99. The molecule has 1 aromatic rings. The van der Waals surface area contributed by atoms with Crippen LogP contribution in [0.4, 0.5) is 0 Å². The molecule has 10 heteroatoms. The summed E-state index contributed by atoms with van der Waals surface area (Å²) in [6.07, 6.45) is 2.71. The average molecular weight is 333 g/mol. The molecule has 0 spiro atoms. The van der Waals surface area contributed by atoms with Crippen LogP contribution >= 0.6 is 22.9 Å². The van der Waals surface area contributed by atoms with Crippen molar-refractivity contribution in [3.63, 3.8) is 0 Å². The van der Waals surface area contributed by atoms with Crippen LogP contribution in [0.5, 0.6) is 0 Å². The van der Waals surface area contributed by atoms with Crippen molar-refractivity contribution in [3.8, 4) is 0 Å². The number of hydrogen-bond acceptors (Lipinski definition) is 5. The normalized spacial score (nSPS) is 18.5. The first-order valence-electron chi connectivity index (χ1n) is 6.51. The number of hydrogen-bond donors (Lipinski definition) is 0. The summed E-state index contributed by atoms with van der Waals surface area (Å²) < 4.78 is 0.466. The molecular formula is C11H17ClN6O2S. The number of nitro groups is 1. The standard InChI is InChI=1S/C11H17ClN6O2S/c1-3-4-16-7-15(2)11(14-18(19)20)17(8-16)6-9-5-13-10(12)21-9/h5H,3-4,6-8H2,1-2H3/b14-11+. The Morgan fingerprint density at radius 2 is 2.33 bits per heavy atom. The van der Waals surface area contributed by atoms with Gasteiger partial charge in [-0.2, -0.15) is 0 Å². The van der Waals surface area contributed by atoms with E-state index in [0.717, 1.165) is 17.8 Å². The molecule has 0 radical (unpaired) electrons. The van der Waals surface area contributed by atoms with Crippen LogP contribution in [-0.2, 0) is 6.54 Å². The molecule has 0 aromatic carbocycles. The molecule has 0 amide bonds. The van der Waals surface area contributed by atoms with E-state index in [4.69, 9.17) is 11.6 Å². The predicted octanol–water partition coefficient (Wildman–Crippen LogP) is 1.72. The van der Waals surface area contributed by atoms with Gasteiger partial charge in [0.25, 0.3) is 5.96 Å². The number of rotatable bonds is 5. The number of thiazole rings is 1. The van der Waals surface area contributed by atoms with E-state index in [1.807, 2.05) is 4.90 Å². The second-order valence-electron chi connectivity index (χ2n) is 4.79. The van der Waals surface area contributed by atoms with Crippen LogP contribution in [0.25, 0.3) is 0 Å². The Bertz CT molecular complexity index is 537. The lowest BCUT2D eigenvalue weighted by atomic mass is 10.4. The Kier molecular flexibility index (Phi) is 5.32. The molecule has 116 valence electrons. The first-order chi connectivity index (χ1) is 9.99. The van der Waals surface area contributed by atoms with Crippen LogP contribution in [0, 0.1) is 10.1 Å². The zero-order chi connectivity index (χ0) is 15.4. The van der Waals surface area contributed by atoms with Crippen molar-refractivity contribution in [2.75, 3.05) is 26.9 Å². The second-order valence-corrected chi connectivity index (χ2v) is 6.49. The summed E-state index contributed by atoms with van der Waals surface area (Å²) in [5.41, 5.74) is 0. The highest BCUT2D eigenvalue weighted by Gasteiger charge is 2.29. The lowest BCUT2D eigenvalue weighted by Crippen LogP contribution is -2.57. The maximum absolute atomic E-state index is 10.7. The smallest absolute Gasteiger partial charge is 0.276 e. The minimum absolute atomic E-state index is 0.358. The van der Waals surface area contributed by atoms with Crippen molar-refractivity contribution in [3.05, 3.63) is 25.7 Å². The molecule has 1 aromatic heterocycles. The van der Waals surface area contributed by atoms with E-state index in [1.54, 1.807) is 18.1 Å². The highest BCUT2D eigenvalue weighted by Crippen LogP contribution is 2.21. The third kappa shape index (κ3) is 4.26. The molecule has 0 atom stereocenters. The van der Waals surface area contributed by atoms with Gasteiger partial charge >= 0.3 is 0 Å². The number of guanidine groups is 1. The summed E-state index contributed by atoms with van der Waals surface area (Å²) in [4.78, 5) is 21.5. The maximum atomic E-state index is 10.7. The molecule has 8 nitrogen and oxygen atoms in total. The zero-order valence-corrected chi connectivity index (χ0v) is 13.5. The van der Waals surface area contributed by atoms with Gasteiger partial charge in [0.1, 0.15) is 5.10 Å². The van der Waals surface area contributed by atoms with Crippen molar-refractivity contribution in [1.82, 2.24) is 19.7 Å². The van der Waals surface area contributed by atoms with Gasteiger partial charge in [0, 0.05) is 24.7 Å². The molecule has 0 aliphatic carbocycles. The largest absolute Gasteiger partial charge is 0.328 e. The Morgan fingerprint density at radius 1 is 1.57 bits per heavy atom. The lowest BCUT2D eigenvalue weighted by Gasteiger charge is -2.41. The van der Waals surface area contributed by atoms with Gasteiger partial charge in [-0.15, -0.1) is 11.3 Å². The first kappa shape index (κ1) is 15.9. The fraction of sp³-hybridized carbons (Fsp3) is 0.636. The highest BCUT2D eigenvalue weighted by atomic mass is 35.5. The minimum Gasteiger partial charge on any atom is -0.328 e. The minimum atomic E-state index is -0.659. The van der Waals surface area contributed by atoms with Crippen LogP contribution in [0.15, 0.2) is 11.3 Å². The molecule has 1 aliphatic heterocycles. The maximum Gasteiger partial charge on any atom is 0.276 e. The molecule has 0 N–H and O–H groups in total. The second kappa shape index (κ2) is 7.01. The van der Waals surface area contributed by atoms with Crippen LogP contribution in [-0.4, -0.2) is 57.6 Å². The van der Waals surface area contributed by atoms with Gasteiger partial charge in [0.05, 0.1) is 19.9 Å². The fourth-order valence-corrected chi connectivity index (χ4v) is 3.28. The van der Waals surface area contributed by atoms with Crippen molar-refractivity contribution >= 4 is 28.9 Å². The quantitative estimate of drug-likeness (QED) is 0.603. The summed E-state index contributed by atoms with van der Waals surface area (Å²) in [7, 11) is 1.80. The van der Waals surface area contributed by atoms with E-state index in [1.165, 1.54) is 11.3 Å². The van der Waals surface area contributed by atoms with Crippen molar-refractivity contribution in [2.45, 2.75) is 19.9 Å². The monoisotopic (exact) mass is 332 g/mol. The van der Waals surface area contributed by atoms with E-state index < -0.39 is 5.03 Å². The Morgan fingerprint density at radius 3 is 2.90 bits per heavy atom. The van der Waals surface area contributed by atoms with E-state index in [0.29, 0.717) is 30.3 Å². The SMILES string of the molecule is CCCN1CN(C)/C(=N\[N+](=O)[O-])N(Cc2cnc(Cl)s2)C1. The highest BCUT2D eigenvalue weighted by molar-refractivity contribution is 7.15. The molecule has 0 saturated carbocycles. The van der Waals surface area contributed by atoms with E-state index in [2.05, 4.69) is 21.9 Å². The molecule has 2 heterocycles. The van der Waals surface area contributed by atoms with Crippen LogP contribution in [0.3, 0.4) is 0 Å². The summed E-state index contributed by atoms with van der Waals surface area (Å²) >= 11 is 7.20. The summed E-state index contributed by atoms with van der Waals surface area (Å²) in [5.74, 6) is 0.358. The zero-order valence-electron chi connectivity index (χ0n) is 11.9. The fourth-order valence-electron chi connectivity index (χ4n) is 2.29. The first-order valence-corrected chi connectivity index (χ1v) is 7.70. The Labute approximate surface area is 131 Å². The topological polar surface area (TPSA) is 78.1 Å². The number of hydrazone groups is 1. The molecule has 1 fully saturated rings. The van der Waals surface area contributed by atoms with Gasteiger partial charge in [-0.1, -0.05) is 18.5 Å². The van der Waals surface area contributed by atoms with Gasteiger partial charge in [-0.25, -0.2) is 15.1 Å². The van der Waals surface area contributed by atoms with Crippen LogP contribution in [0.2, 0.25) is 4.47 Å². The lowest BCUT2D eigenvalue weighted by molar-refractivity contribution is -0.486. The van der Waals surface area contributed by atoms with Crippen LogP contribution < -0.4 is 0 Å². The van der Waals surface area contributed by atoms with Crippen molar-refractivity contribution in [1.29, 1.82) is 0 Å². The number of aromatic nitrogens is 1. The summed E-state index contributed by atoms with van der Waals surface area (Å²) in [6, 6.07) is 0. The molecule has 0 unspecified atom stereocenters. The van der Waals surface area contributed by atoms with Gasteiger partial charge in [0.2, 0.25) is 0 Å². The van der Waals surface area contributed by atoms with Gasteiger partial charge in [0.15, 0.2) is 9.50 Å².